The lowest BCUT2D eigenvalue weighted by molar-refractivity contribution is 0.295. The zero-order valence-electron chi connectivity index (χ0n) is 34.9. The molecule has 0 amide bonds. The summed E-state index contributed by atoms with van der Waals surface area (Å²) in [7, 11) is -1.31. The highest BCUT2D eigenvalue weighted by Crippen LogP contribution is 2.38. The maximum absolute atomic E-state index is 14.6. The van der Waals surface area contributed by atoms with E-state index in [1.807, 2.05) is 115 Å². The van der Waals surface area contributed by atoms with E-state index in [9.17, 15) is 21.8 Å². The molecular weight excluding hydrogens is 757 g/mol. The number of rotatable bonds is 10. The Morgan fingerprint density at radius 1 is 0.586 bits per heavy atom. The summed E-state index contributed by atoms with van der Waals surface area (Å²) in [6.45, 7) is 19.4. The molecule has 0 saturated carbocycles. The molecule has 0 spiro atoms. The molecule has 0 unspecified atom stereocenters. The van der Waals surface area contributed by atoms with Crippen LogP contribution in [-0.2, 0) is 24.1 Å². The molecular formula is C48H56F4N4OS. The lowest BCUT2D eigenvalue weighted by Gasteiger charge is -2.34. The van der Waals surface area contributed by atoms with Crippen LogP contribution in [0.1, 0.15) is 96.9 Å². The van der Waals surface area contributed by atoms with Crippen LogP contribution in [-0.4, -0.2) is 18.1 Å². The summed E-state index contributed by atoms with van der Waals surface area (Å²) in [4.78, 5) is 0. The van der Waals surface area contributed by atoms with E-state index in [0.717, 1.165) is 46.8 Å². The van der Waals surface area contributed by atoms with Crippen molar-refractivity contribution >= 4 is 11.0 Å². The Labute approximate surface area is 343 Å². The number of hydrogen-bond donors (Lipinski definition) is 2. The normalized spacial score (nSPS) is 13.8. The first-order valence-corrected chi connectivity index (χ1v) is 20.6. The zero-order valence-corrected chi connectivity index (χ0v) is 35.7. The zero-order chi connectivity index (χ0) is 42.6. The predicted molar refractivity (Wildman–Crippen MR) is 230 cm³/mol. The van der Waals surface area contributed by atoms with Crippen molar-refractivity contribution in [3.63, 3.8) is 0 Å². The van der Waals surface area contributed by atoms with Gasteiger partial charge in [-0.3, -0.25) is 0 Å². The van der Waals surface area contributed by atoms with Crippen LogP contribution >= 0.6 is 0 Å². The summed E-state index contributed by atoms with van der Waals surface area (Å²) < 4.78 is 76.3. The number of nitrogens with zero attached hydrogens (tertiary/aromatic N) is 2. The smallest absolute Gasteiger partial charge is 0.131 e. The minimum absolute atomic E-state index is 0.162. The van der Waals surface area contributed by atoms with E-state index >= 15 is 0 Å². The second-order valence-electron chi connectivity index (χ2n) is 17.9. The lowest BCUT2D eigenvalue weighted by atomic mass is 9.85. The molecule has 0 bridgehead atoms. The molecule has 0 aliphatic carbocycles. The van der Waals surface area contributed by atoms with Crippen LogP contribution in [0.4, 0.5) is 17.6 Å². The van der Waals surface area contributed by atoms with Gasteiger partial charge in [-0.2, -0.15) is 0 Å². The SMILES string of the molecule is CC(C)(C)[C@@H](N)c1cc(-c2cc(F)ccc2F)cn1Cc1ccccc1.CC(C)(C)[C@@H](N[S@@](=O)C(C)(C)C)c1cc(-c2cc(F)ccc2F)cn1Cc1ccccc1. The van der Waals surface area contributed by atoms with E-state index in [0.29, 0.717) is 24.2 Å². The van der Waals surface area contributed by atoms with E-state index in [2.05, 4.69) is 46.3 Å². The van der Waals surface area contributed by atoms with Crippen LogP contribution in [0.5, 0.6) is 0 Å². The molecule has 3 atom stereocenters. The number of aromatic nitrogens is 2. The van der Waals surface area contributed by atoms with Crippen LogP contribution in [0.3, 0.4) is 0 Å². The maximum atomic E-state index is 14.6. The molecule has 0 aliphatic rings. The van der Waals surface area contributed by atoms with Gasteiger partial charge in [0, 0.05) is 65.2 Å². The summed E-state index contributed by atoms with van der Waals surface area (Å²) in [6.07, 6.45) is 3.70. The first-order valence-electron chi connectivity index (χ1n) is 19.4. The molecule has 10 heteroatoms. The molecule has 308 valence electrons. The Bertz CT molecular complexity index is 2320. The molecule has 0 aliphatic heterocycles. The minimum Gasteiger partial charge on any atom is -0.345 e. The Hall–Kier alpha value is -4.77. The van der Waals surface area contributed by atoms with Gasteiger partial charge in [0.25, 0.3) is 0 Å². The second kappa shape index (κ2) is 18.0. The van der Waals surface area contributed by atoms with Crippen LogP contribution in [0.25, 0.3) is 22.3 Å². The van der Waals surface area contributed by atoms with Crippen molar-refractivity contribution in [3.8, 4) is 22.3 Å². The van der Waals surface area contributed by atoms with E-state index in [1.54, 1.807) is 0 Å². The first-order chi connectivity index (χ1) is 27.1. The van der Waals surface area contributed by atoms with Crippen LogP contribution in [0.15, 0.2) is 122 Å². The molecule has 6 aromatic rings. The molecule has 5 nitrogen and oxygen atoms in total. The van der Waals surface area contributed by atoms with Gasteiger partial charge >= 0.3 is 0 Å². The summed E-state index contributed by atoms with van der Waals surface area (Å²) in [5, 5.41) is 0. The van der Waals surface area contributed by atoms with E-state index < -0.39 is 39.0 Å². The van der Waals surface area contributed by atoms with E-state index in [1.165, 1.54) is 12.1 Å². The van der Waals surface area contributed by atoms with Crippen molar-refractivity contribution in [3.05, 3.63) is 167 Å². The summed E-state index contributed by atoms with van der Waals surface area (Å²) in [5.74, 6) is -1.87. The third-order valence-corrected chi connectivity index (χ3v) is 11.5. The quantitative estimate of drug-likeness (QED) is 0.135. The molecule has 0 radical (unpaired) electrons. The predicted octanol–water partition coefficient (Wildman–Crippen LogP) is 12.1. The average molecular weight is 813 g/mol. The third-order valence-electron chi connectivity index (χ3n) is 9.92. The van der Waals surface area contributed by atoms with Gasteiger partial charge in [0.15, 0.2) is 0 Å². The largest absolute Gasteiger partial charge is 0.345 e. The summed E-state index contributed by atoms with van der Waals surface area (Å²) in [6, 6.07) is 30.2. The molecule has 6 rings (SSSR count). The number of nitrogens with two attached hydrogens (primary N) is 1. The monoisotopic (exact) mass is 812 g/mol. The van der Waals surface area contributed by atoms with Gasteiger partial charge in [-0.25, -0.2) is 26.5 Å². The maximum Gasteiger partial charge on any atom is 0.131 e. The number of nitrogens with one attached hydrogen (secondary N) is 1. The van der Waals surface area contributed by atoms with Gasteiger partial charge < -0.3 is 14.9 Å². The summed E-state index contributed by atoms with van der Waals surface area (Å²) >= 11 is 0. The van der Waals surface area contributed by atoms with Crippen molar-refractivity contribution in [2.75, 3.05) is 0 Å². The van der Waals surface area contributed by atoms with Gasteiger partial charge in [-0.05, 0) is 91.3 Å². The van der Waals surface area contributed by atoms with Gasteiger partial charge in [0.1, 0.15) is 23.3 Å². The van der Waals surface area contributed by atoms with Crippen molar-refractivity contribution in [1.29, 1.82) is 0 Å². The molecule has 2 aromatic heterocycles. The fraction of sp³-hybridized carbons (Fsp3) is 0.333. The highest BCUT2D eigenvalue weighted by atomic mass is 32.2. The topological polar surface area (TPSA) is 65.0 Å². The number of benzene rings is 4. The summed E-state index contributed by atoms with van der Waals surface area (Å²) in [5.41, 5.74) is 11.7. The molecule has 0 fully saturated rings. The Balaban J connectivity index is 0.000000226. The first kappa shape index (κ1) is 44.3. The number of halogens is 4. The Morgan fingerprint density at radius 2 is 1.00 bits per heavy atom. The fourth-order valence-corrected chi connectivity index (χ4v) is 7.58. The number of hydrogen-bond acceptors (Lipinski definition) is 2. The van der Waals surface area contributed by atoms with Crippen molar-refractivity contribution in [1.82, 2.24) is 13.9 Å². The van der Waals surface area contributed by atoms with Crippen LogP contribution in [0.2, 0.25) is 0 Å². The van der Waals surface area contributed by atoms with Crippen molar-refractivity contribution in [2.45, 2.75) is 92.2 Å². The van der Waals surface area contributed by atoms with Crippen LogP contribution in [0, 0.1) is 34.1 Å². The van der Waals surface area contributed by atoms with E-state index in [-0.39, 0.29) is 34.0 Å². The fourth-order valence-electron chi connectivity index (χ4n) is 6.54. The lowest BCUT2D eigenvalue weighted by Crippen LogP contribution is -2.41. The third kappa shape index (κ3) is 11.2. The minimum atomic E-state index is -1.31. The Kier molecular flexibility index (Phi) is 13.8. The average Bonchev–Trinajstić information content (AvgIpc) is 3.76. The Morgan fingerprint density at radius 3 is 1.40 bits per heavy atom. The van der Waals surface area contributed by atoms with Gasteiger partial charge in [-0.15, -0.1) is 0 Å². The highest BCUT2D eigenvalue weighted by molar-refractivity contribution is 7.84. The van der Waals surface area contributed by atoms with Crippen molar-refractivity contribution < 1.29 is 21.8 Å². The molecule has 2 heterocycles. The van der Waals surface area contributed by atoms with Crippen LogP contribution < -0.4 is 10.5 Å². The standard InChI is InChI=1S/C26H32F2N2OS.C22H24F2N2/c1-25(2,3)24(29-32(31)26(4,5)6)23-14-19(21-15-20(27)12-13-22(21)28)17-30(23)16-18-10-8-7-9-11-18;1-22(2,3)21(25)20-11-16(18-12-17(23)9-10-19(18)24)14-26(20)13-15-7-5-4-6-8-15/h7-15,17,24,29H,16H2,1-6H3;4-12,14,21H,13,25H2,1-3H3/t24-,32-;21-/m00/s1. The second-order valence-corrected chi connectivity index (χ2v) is 19.9. The molecule has 0 saturated heterocycles. The van der Waals surface area contributed by atoms with Gasteiger partial charge in [-0.1, -0.05) is 102 Å². The highest BCUT2D eigenvalue weighted by Gasteiger charge is 2.34. The van der Waals surface area contributed by atoms with Gasteiger partial charge in [0.05, 0.1) is 21.8 Å². The molecule has 58 heavy (non-hydrogen) atoms. The molecule has 4 aromatic carbocycles. The van der Waals surface area contributed by atoms with Gasteiger partial charge in [0.2, 0.25) is 0 Å². The molecule has 3 N–H and O–H groups in total. The van der Waals surface area contributed by atoms with Crippen molar-refractivity contribution in [2.24, 2.45) is 16.6 Å². The van der Waals surface area contributed by atoms with E-state index in [4.69, 9.17) is 5.73 Å².